The first kappa shape index (κ1) is 13.4. The summed E-state index contributed by atoms with van der Waals surface area (Å²) < 4.78 is 1.41. The highest BCUT2D eigenvalue weighted by Crippen LogP contribution is 2.20. The number of aryl methyl sites for hydroxylation is 1. The number of nitrogens with zero attached hydrogens (tertiary/aromatic N) is 5. The predicted molar refractivity (Wildman–Crippen MR) is 68.6 cm³/mol. The first-order valence-corrected chi connectivity index (χ1v) is 6.37. The van der Waals surface area contributed by atoms with Crippen molar-refractivity contribution in [2.75, 3.05) is 6.54 Å². The Bertz CT molecular complexity index is 728. The summed E-state index contributed by atoms with van der Waals surface area (Å²) in [6.07, 6.45) is 0.700. The number of rotatable bonds is 2. The number of hydrogen-bond donors (Lipinski definition) is 2. The van der Waals surface area contributed by atoms with Crippen molar-refractivity contribution in [3.05, 3.63) is 23.8 Å². The molecule has 0 bridgehead atoms. The van der Waals surface area contributed by atoms with Gasteiger partial charge in [-0.2, -0.15) is 4.98 Å². The molecule has 1 amide bonds. The SMILES string of the molecule is Cc1ccnc2nc(C(=O)N3CC(O)C[C@H]3C(=O)O)nn12. The fraction of sp³-hybridized carbons (Fsp3) is 0.417. The third kappa shape index (κ3) is 2.21. The van der Waals surface area contributed by atoms with Crippen molar-refractivity contribution in [3.63, 3.8) is 0 Å². The van der Waals surface area contributed by atoms with Crippen LogP contribution in [0.2, 0.25) is 0 Å². The zero-order chi connectivity index (χ0) is 15.1. The minimum Gasteiger partial charge on any atom is -0.480 e. The maximum absolute atomic E-state index is 12.4. The molecular weight excluding hydrogens is 278 g/mol. The second-order valence-electron chi connectivity index (χ2n) is 4.93. The fourth-order valence-electron chi connectivity index (χ4n) is 2.40. The number of carboxylic acid groups (broad SMARTS) is 1. The van der Waals surface area contributed by atoms with E-state index in [1.54, 1.807) is 19.2 Å². The molecule has 2 aromatic rings. The van der Waals surface area contributed by atoms with Gasteiger partial charge in [-0.1, -0.05) is 0 Å². The van der Waals surface area contributed by atoms with Gasteiger partial charge < -0.3 is 15.1 Å². The number of carboxylic acids is 1. The standard InChI is InChI=1S/C12H13N5O4/c1-6-2-3-13-12-14-9(15-17(6)12)10(19)16-5-7(18)4-8(16)11(20)21/h2-3,7-8,18H,4-5H2,1H3,(H,20,21)/t7?,8-/m0/s1. The van der Waals surface area contributed by atoms with Crippen molar-refractivity contribution in [1.82, 2.24) is 24.5 Å². The maximum Gasteiger partial charge on any atom is 0.326 e. The highest BCUT2D eigenvalue weighted by Gasteiger charge is 2.40. The lowest BCUT2D eigenvalue weighted by Crippen LogP contribution is -2.41. The molecule has 1 aliphatic rings. The van der Waals surface area contributed by atoms with Gasteiger partial charge in [0.2, 0.25) is 5.82 Å². The number of fused-ring (bicyclic) bond motifs is 1. The number of carbonyl (C=O) groups excluding carboxylic acids is 1. The summed E-state index contributed by atoms with van der Waals surface area (Å²) in [5.41, 5.74) is 0.753. The molecule has 0 aromatic carbocycles. The molecule has 3 rings (SSSR count). The minimum absolute atomic E-state index is 0.00568. The second-order valence-corrected chi connectivity index (χ2v) is 4.93. The van der Waals surface area contributed by atoms with Gasteiger partial charge in [0.15, 0.2) is 0 Å². The number of carbonyl (C=O) groups is 2. The van der Waals surface area contributed by atoms with Gasteiger partial charge in [0.1, 0.15) is 6.04 Å². The fourth-order valence-corrected chi connectivity index (χ4v) is 2.40. The largest absolute Gasteiger partial charge is 0.480 e. The zero-order valence-electron chi connectivity index (χ0n) is 11.2. The molecule has 0 saturated carbocycles. The lowest BCUT2D eigenvalue weighted by Gasteiger charge is -2.19. The lowest BCUT2D eigenvalue weighted by atomic mass is 10.2. The minimum atomic E-state index is -1.15. The molecule has 110 valence electrons. The molecule has 1 aliphatic heterocycles. The Balaban J connectivity index is 1.96. The summed E-state index contributed by atoms with van der Waals surface area (Å²) in [7, 11) is 0. The van der Waals surface area contributed by atoms with Crippen LogP contribution < -0.4 is 0 Å². The first-order chi connectivity index (χ1) is 9.97. The number of amides is 1. The third-order valence-electron chi connectivity index (χ3n) is 3.45. The number of aromatic nitrogens is 4. The highest BCUT2D eigenvalue weighted by molar-refractivity contribution is 5.94. The zero-order valence-corrected chi connectivity index (χ0v) is 11.2. The van der Waals surface area contributed by atoms with Gasteiger partial charge in [-0.3, -0.25) is 4.79 Å². The van der Waals surface area contributed by atoms with Crippen LogP contribution in [0.25, 0.3) is 5.78 Å². The Morgan fingerprint density at radius 2 is 2.19 bits per heavy atom. The van der Waals surface area contributed by atoms with E-state index >= 15 is 0 Å². The Labute approximate surface area is 118 Å². The summed E-state index contributed by atoms with van der Waals surface area (Å²) in [5, 5.41) is 22.8. The van der Waals surface area contributed by atoms with E-state index < -0.39 is 24.0 Å². The van der Waals surface area contributed by atoms with Gasteiger partial charge in [-0.15, -0.1) is 5.10 Å². The van der Waals surface area contributed by atoms with Crippen LogP contribution in [0.1, 0.15) is 22.7 Å². The molecule has 1 fully saturated rings. The van der Waals surface area contributed by atoms with Crippen molar-refractivity contribution < 1.29 is 19.8 Å². The third-order valence-corrected chi connectivity index (χ3v) is 3.45. The average Bonchev–Trinajstić information content (AvgIpc) is 3.02. The van der Waals surface area contributed by atoms with Crippen LogP contribution in [0.3, 0.4) is 0 Å². The van der Waals surface area contributed by atoms with E-state index in [0.29, 0.717) is 0 Å². The predicted octanol–water partition coefficient (Wildman–Crippen LogP) is -0.907. The number of likely N-dealkylation sites (tertiary alicyclic amines) is 1. The summed E-state index contributed by atoms with van der Waals surface area (Å²) >= 11 is 0. The highest BCUT2D eigenvalue weighted by atomic mass is 16.4. The van der Waals surface area contributed by atoms with Crippen LogP contribution >= 0.6 is 0 Å². The van der Waals surface area contributed by atoms with E-state index in [1.807, 2.05) is 0 Å². The molecule has 1 unspecified atom stereocenters. The molecule has 2 atom stereocenters. The number of hydrogen-bond acceptors (Lipinski definition) is 6. The molecule has 2 N–H and O–H groups in total. The molecular formula is C12H13N5O4. The molecule has 3 heterocycles. The molecule has 1 saturated heterocycles. The molecule has 9 nitrogen and oxygen atoms in total. The molecule has 9 heteroatoms. The maximum atomic E-state index is 12.4. The van der Waals surface area contributed by atoms with E-state index in [4.69, 9.17) is 5.11 Å². The van der Waals surface area contributed by atoms with Crippen LogP contribution in [0, 0.1) is 6.92 Å². The normalized spacial score (nSPS) is 21.9. The number of aliphatic hydroxyl groups is 1. The summed E-state index contributed by atoms with van der Waals surface area (Å²) in [6, 6.07) is 0.656. The number of aliphatic carboxylic acids is 1. The quantitative estimate of drug-likeness (QED) is 0.734. The van der Waals surface area contributed by atoms with Gasteiger partial charge >= 0.3 is 5.97 Å². The molecule has 2 aromatic heterocycles. The van der Waals surface area contributed by atoms with Crippen LogP contribution in [-0.2, 0) is 4.79 Å². The monoisotopic (exact) mass is 291 g/mol. The van der Waals surface area contributed by atoms with Gasteiger partial charge in [-0.05, 0) is 13.0 Å². The molecule has 21 heavy (non-hydrogen) atoms. The van der Waals surface area contributed by atoms with E-state index in [-0.39, 0.29) is 24.6 Å². The molecule has 0 radical (unpaired) electrons. The summed E-state index contributed by atoms with van der Waals surface area (Å²) in [5.74, 6) is -1.64. The Morgan fingerprint density at radius 1 is 1.43 bits per heavy atom. The van der Waals surface area contributed by atoms with E-state index in [1.165, 1.54) is 4.52 Å². The van der Waals surface area contributed by atoms with Crippen LogP contribution in [0.5, 0.6) is 0 Å². The van der Waals surface area contributed by atoms with Crippen LogP contribution in [0.15, 0.2) is 12.3 Å². The number of β-amino-alcohol motifs (C(OH)–C–C–N with tert-alkyl or cyclic N) is 1. The first-order valence-electron chi connectivity index (χ1n) is 6.37. The van der Waals surface area contributed by atoms with E-state index in [9.17, 15) is 14.7 Å². The second kappa shape index (κ2) is 4.77. The number of aliphatic hydroxyl groups excluding tert-OH is 1. The topological polar surface area (TPSA) is 121 Å². The Kier molecular flexibility index (Phi) is 3.05. The van der Waals surface area contributed by atoms with Gasteiger partial charge in [-0.25, -0.2) is 14.3 Å². The van der Waals surface area contributed by atoms with Crippen molar-refractivity contribution in [1.29, 1.82) is 0 Å². The van der Waals surface area contributed by atoms with E-state index in [0.717, 1.165) is 10.6 Å². The van der Waals surface area contributed by atoms with E-state index in [2.05, 4.69) is 15.1 Å². The van der Waals surface area contributed by atoms with Gasteiger partial charge in [0.05, 0.1) is 6.10 Å². The molecule has 0 aliphatic carbocycles. The smallest absolute Gasteiger partial charge is 0.326 e. The Hall–Kier alpha value is -2.55. The summed E-state index contributed by atoms with van der Waals surface area (Å²) in [4.78, 5) is 32.6. The van der Waals surface area contributed by atoms with Crippen molar-refractivity contribution in [3.8, 4) is 0 Å². The average molecular weight is 291 g/mol. The van der Waals surface area contributed by atoms with Crippen LogP contribution in [-0.4, -0.2) is 65.3 Å². The van der Waals surface area contributed by atoms with Crippen LogP contribution in [0.4, 0.5) is 0 Å². The summed E-state index contributed by atoms with van der Waals surface area (Å²) in [6.45, 7) is 1.75. The van der Waals surface area contributed by atoms with Gasteiger partial charge in [0.25, 0.3) is 11.7 Å². The van der Waals surface area contributed by atoms with Crippen molar-refractivity contribution >= 4 is 17.7 Å². The molecule has 0 spiro atoms. The lowest BCUT2D eigenvalue weighted by molar-refractivity contribution is -0.141. The van der Waals surface area contributed by atoms with Gasteiger partial charge in [0, 0.05) is 24.9 Å². The van der Waals surface area contributed by atoms with Crippen molar-refractivity contribution in [2.45, 2.75) is 25.5 Å². The Morgan fingerprint density at radius 3 is 2.86 bits per heavy atom. The van der Waals surface area contributed by atoms with Crippen molar-refractivity contribution in [2.24, 2.45) is 0 Å².